The van der Waals surface area contributed by atoms with Crippen LogP contribution in [0.4, 0.5) is 26.3 Å². The van der Waals surface area contributed by atoms with Gasteiger partial charge in [-0.3, -0.25) is 9.78 Å². The van der Waals surface area contributed by atoms with Gasteiger partial charge in [-0.25, -0.2) is 0 Å². The molecule has 1 saturated heterocycles. The molecule has 0 bridgehead atoms. The molecule has 1 unspecified atom stereocenters. The second kappa shape index (κ2) is 9.52. The Balaban J connectivity index is 1.89. The molecule has 1 aromatic heterocycles. The summed E-state index contributed by atoms with van der Waals surface area (Å²) in [5, 5.41) is 9.32. The van der Waals surface area contributed by atoms with Crippen LogP contribution in [0.1, 0.15) is 40.0 Å². The number of aromatic nitrogens is 1. The predicted octanol–water partition coefficient (Wildman–Crippen LogP) is 4.56. The van der Waals surface area contributed by atoms with Crippen molar-refractivity contribution in [2.24, 2.45) is 0 Å². The molecule has 0 aliphatic carbocycles. The molecular weight excluding hydrogens is 484 g/mol. The van der Waals surface area contributed by atoms with Gasteiger partial charge >= 0.3 is 12.4 Å². The number of nitrogens with zero attached hydrogens (tertiary/aromatic N) is 3. The molecule has 1 aliphatic heterocycles. The molecule has 1 aliphatic rings. The van der Waals surface area contributed by atoms with Crippen molar-refractivity contribution in [2.75, 3.05) is 27.3 Å². The van der Waals surface area contributed by atoms with E-state index in [0.717, 1.165) is 26.2 Å². The highest BCUT2D eigenvalue weighted by Gasteiger charge is 2.42. The number of nitriles is 1. The lowest BCUT2D eigenvalue weighted by Gasteiger charge is -2.39. The molecule has 3 rings (SSSR count). The molecule has 1 fully saturated rings. The van der Waals surface area contributed by atoms with Gasteiger partial charge in [0.15, 0.2) is 11.9 Å². The first-order chi connectivity index (χ1) is 16.3. The van der Waals surface area contributed by atoms with Gasteiger partial charge in [0.25, 0.3) is 5.91 Å². The van der Waals surface area contributed by atoms with Gasteiger partial charge in [-0.1, -0.05) is 0 Å². The Morgan fingerprint density at radius 2 is 1.80 bits per heavy atom. The van der Waals surface area contributed by atoms with Crippen LogP contribution in [0.15, 0.2) is 24.4 Å². The van der Waals surface area contributed by atoms with Crippen LogP contribution in [0.2, 0.25) is 0 Å². The van der Waals surface area contributed by atoms with Gasteiger partial charge < -0.3 is 19.1 Å². The molecular formula is C22H19F6N3O4. The fourth-order valence-electron chi connectivity index (χ4n) is 3.48. The lowest BCUT2D eigenvalue weighted by Crippen LogP contribution is -2.49. The molecule has 1 amide bonds. The van der Waals surface area contributed by atoms with Crippen molar-refractivity contribution in [3.63, 3.8) is 0 Å². The first kappa shape index (κ1) is 25.9. The number of halogens is 6. The minimum atomic E-state index is -4.71. The number of benzene rings is 1. The number of carbonyl (C=O) groups excluding carboxylic acids is 1. The zero-order chi connectivity index (χ0) is 26.1. The fourth-order valence-corrected chi connectivity index (χ4v) is 3.48. The Morgan fingerprint density at radius 1 is 1.14 bits per heavy atom. The van der Waals surface area contributed by atoms with Crippen LogP contribution < -0.4 is 14.2 Å². The average molecular weight is 503 g/mol. The van der Waals surface area contributed by atoms with Crippen molar-refractivity contribution in [1.82, 2.24) is 9.88 Å². The monoisotopic (exact) mass is 503 g/mol. The van der Waals surface area contributed by atoms with Crippen molar-refractivity contribution >= 4 is 5.91 Å². The van der Waals surface area contributed by atoms with Gasteiger partial charge in [-0.2, -0.15) is 31.6 Å². The van der Waals surface area contributed by atoms with Crippen LogP contribution >= 0.6 is 0 Å². The van der Waals surface area contributed by atoms with Crippen LogP contribution in [-0.2, 0) is 6.18 Å². The van der Waals surface area contributed by atoms with Gasteiger partial charge in [0.2, 0.25) is 0 Å². The van der Waals surface area contributed by atoms with E-state index in [9.17, 15) is 36.4 Å². The van der Waals surface area contributed by atoms with E-state index in [-0.39, 0.29) is 41.4 Å². The molecule has 0 N–H and O–H groups in total. The van der Waals surface area contributed by atoms with Crippen molar-refractivity contribution < 1.29 is 45.3 Å². The van der Waals surface area contributed by atoms with Crippen molar-refractivity contribution in [3.05, 3.63) is 46.8 Å². The van der Waals surface area contributed by atoms with Gasteiger partial charge in [0.05, 0.1) is 31.0 Å². The predicted molar refractivity (Wildman–Crippen MR) is 108 cm³/mol. The molecule has 0 radical (unpaired) electrons. The highest BCUT2D eigenvalue weighted by molar-refractivity contribution is 6.01. The molecule has 1 atom stereocenters. The van der Waals surface area contributed by atoms with Crippen LogP contribution in [0.5, 0.6) is 17.2 Å². The second-order valence-corrected chi connectivity index (χ2v) is 7.65. The second-order valence-electron chi connectivity index (χ2n) is 7.65. The topological polar surface area (TPSA) is 84.7 Å². The first-order valence-corrected chi connectivity index (χ1v) is 10.1. The number of methoxy groups -OCH3 is 2. The number of rotatable bonds is 6. The third kappa shape index (κ3) is 5.21. The maximum absolute atomic E-state index is 13.2. The third-order valence-electron chi connectivity index (χ3n) is 5.41. The van der Waals surface area contributed by atoms with E-state index < -0.39 is 41.6 Å². The number of hydrogen-bond donors (Lipinski definition) is 0. The maximum Gasteiger partial charge on any atom is 0.425 e. The lowest BCUT2D eigenvalue weighted by atomic mass is 9.93. The molecule has 35 heavy (non-hydrogen) atoms. The summed E-state index contributed by atoms with van der Waals surface area (Å²) in [6, 6.07) is 4.85. The number of amides is 1. The summed E-state index contributed by atoms with van der Waals surface area (Å²) in [6.07, 6.45) is -10.9. The SMILES string of the molecule is COc1cc(C(F)(F)F)cnc1C1CN(C(=O)c2c(OC(C)C(F)(F)F)ccc(C#N)c2OC)C1. The molecule has 0 spiro atoms. The normalized spacial score (nSPS) is 15.1. The number of pyridine rings is 1. The summed E-state index contributed by atoms with van der Waals surface area (Å²) < 4.78 is 93.2. The van der Waals surface area contributed by atoms with E-state index in [1.54, 1.807) is 6.07 Å². The minimum absolute atomic E-state index is 0.0121. The van der Waals surface area contributed by atoms with E-state index in [1.807, 2.05) is 0 Å². The molecule has 188 valence electrons. The highest BCUT2D eigenvalue weighted by atomic mass is 19.4. The molecule has 2 heterocycles. The Labute approximate surface area is 195 Å². The Kier molecular flexibility index (Phi) is 7.05. The van der Waals surface area contributed by atoms with Crippen LogP contribution in [0, 0.1) is 11.3 Å². The van der Waals surface area contributed by atoms with Crippen molar-refractivity contribution in [1.29, 1.82) is 5.26 Å². The minimum Gasteiger partial charge on any atom is -0.495 e. The average Bonchev–Trinajstić information content (AvgIpc) is 2.76. The van der Waals surface area contributed by atoms with Crippen molar-refractivity contribution in [3.8, 4) is 23.3 Å². The summed E-state index contributed by atoms with van der Waals surface area (Å²) >= 11 is 0. The molecule has 0 saturated carbocycles. The number of carbonyl (C=O) groups is 1. The van der Waals surface area contributed by atoms with Crippen LogP contribution in [0.3, 0.4) is 0 Å². The number of ether oxygens (including phenoxy) is 3. The number of likely N-dealkylation sites (tertiary alicyclic amines) is 1. The fraction of sp³-hybridized carbons (Fsp3) is 0.409. The van der Waals surface area contributed by atoms with Crippen LogP contribution in [0.25, 0.3) is 0 Å². The summed E-state index contributed by atoms with van der Waals surface area (Å²) in [4.78, 5) is 18.3. The summed E-state index contributed by atoms with van der Waals surface area (Å²) in [7, 11) is 2.34. The maximum atomic E-state index is 13.2. The molecule has 7 nitrogen and oxygen atoms in total. The molecule has 13 heteroatoms. The summed E-state index contributed by atoms with van der Waals surface area (Å²) in [5.74, 6) is -2.04. The zero-order valence-corrected chi connectivity index (χ0v) is 18.6. The zero-order valence-electron chi connectivity index (χ0n) is 18.6. The van der Waals surface area contributed by atoms with E-state index in [4.69, 9.17) is 14.2 Å². The quantitative estimate of drug-likeness (QED) is 0.538. The van der Waals surface area contributed by atoms with E-state index in [2.05, 4.69) is 4.98 Å². The van der Waals surface area contributed by atoms with Gasteiger partial charge in [0.1, 0.15) is 23.1 Å². The van der Waals surface area contributed by atoms with E-state index in [0.29, 0.717) is 6.20 Å². The third-order valence-corrected chi connectivity index (χ3v) is 5.41. The van der Waals surface area contributed by atoms with E-state index >= 15 is 0 Å². The standard InChI is InChI=1S/C22H19F6N3O4/c1-11(21(23,24)25)35-15-5-4-12(7-29)19(34-3)17(15)20(32)31-9-13(10-31)18-16(33-2)6-14(8-30-18)22(26,27)28/h4-6,8,11,13H,9-10H2,1-3H3. The Bertz CT molecular complexity index is 1150. The number of alkyl halides is 6. The van der Waals surface area contributed by atoms with Crippen molar-refractivity contribution in [2.45, 2.75) is 31.3 Å². The summed E-state index contributed by atoms with van der Waals surface area (Å²) in [5.41, 5.74) is -1.26. The Morgan fingerprint density at radius 3 is 2.31 bits per heavy atom. The lowest BCUT2D eigenvalue weighted by molar-refractivity contribution is -0.189. The van der Waals surface area contributed by atoms with Gasteiger partial charge in [-0.15, -0.1) is 0 Å². The smallest absolute Gasteiger partial charge is 0.425 e. The number of hydrogen-bond acceptors (Lipinski definition) is 6. The van der Waals surface area contributed by atoms with Gasteiger partial charge in [-0.05, 0) is 25.1 Å². The Hall–Kier alpha value is -3.69. The molecule has 1 aromatic carbocycles. The van der Waals surface area contributed by atoms with Gasteiger partial charge in [0, 0.05) is 25.2 Å². The highest BCUT2D eigenvalue weighted by Crippen LogP contribution is 2.40. The largest absolute Gasteiger partial charge is 0.495 e. The summed E-state index contributed by atoms with van der Waals surface area (Å²) in [6.45, 7) is 0.741. The van der Waals surface area contributed by atoms with E-state index in [1.165, 1.54) is 18.1 Å². The van der Waals surface area contributed by atoms with Crippen LogP contribution in [-0.4, -0.2) is 55.4 Å². The molecule has 2 aromatic rings. The first-order valence-electron chi connectivity index (χ1n) is 10.1.